The number of furan rings is 1. The van der Waals surface area contributed by atoms with Crippen LogP contribution >= 0.6 is 11.6 Å². The zero-order chi connectivity index (χ0) is 24.5. The number of non-ortho nitro benzene ring substituents is 1. The van der Waals surface area contributed by atoms with Crippen molar-refractivity contribution in [1.82, 2.24) is 10.7 Å². The largest absolute Gasteiger partial charge is 0.455 e. The fraction of sp³-hybridized carbons (Fsp3) is 0.174. The van der Waals surface area contributed by atoms with Crippen LogP contribution in [0.25, 0.3) is 11.3 Å². The van der Waals surface area contributed by atoms with Crippen molar-refractivity contribution in [3.05, 3.63) is 87.1 Å². The molecule has 0 bridgehead atoms. The number of rotatable bonds is 9. The van der Waals surface area contributed by atoms with Gasteiger partial charge < -0.3 is 14.5 Å². The predicted molar refractivity (Wildman–Crippen MR) is 126 cm³/mol. The number of benzene rings is 2. The van der Waals surface area contributed by atoms with Crippen LogP contribution in [-0.4, -0.2) is 29.7 Å². The van der Waals surface area contributed by atoms with E-state index in [1.165, 1.54) is 24.4 Å². The Balaban J connectivity index is 1.64. The topological polar surface area (TPSA) is 136 Å². The number of alkyl carbamates (subject to hydrolysis) is 1. The molecule has 0 unspecified atom stereocenters. The standard InChI is InChI=1S/C23H21ClN4O6/c1-2-33-23(30)26-20(15-6-4-3-5-7-15)13-22(29)27-25-14-17-9-11-21(34-17)18-12-16(28(31)32)8-10-19(18)24/h3-12,14,20H,2,13H2,1H3,(H,26,30)(H,27,29)/b25-14-/t20-/m0/s1. The van der Waals surface area contributed by atoms with Crippen LogP contribution in [0.3, 0.4) is 0 Å². The first-order valence-corrected chi connectivity index (χ1v) is 10.6. The number of halogens is 1. The van der Waals surface area contributed by atoms with Gasteiger partial charge in [-0.3, -0.25) is 14.9 Å². The molecule has 2 amide bonds. The smallest absolute Gasteiger partial charge is 0.407 e. The van der Waals surface area contributed by atoms with Crippen molar-refractivity contribution in [3.63, 3.8) is 0 Å². The van der Waals surface area contributed by atoms with Gasteiger partial charge in [0.25, 0.3) is 5.69 Å². The Kier molecular flexibility index (Phi) is 8.36. The first-order valence-electron chi connectivity index (χ1n) is 10.2. The summed E-state index contributed by atoms with van der Waals surface area (Å²) in [6, 6.07) is 15.6. The molecule has 3 aromatic rings. The summed E-state index contributed by atoms with van der Waals surface area (Å²) in [5, 5.41) is 17.8. The quantitative estimate of drug-likeness (QED) is 0.253. The maximum Gasteiger partial charge on any atom is 0.407 e. The second kappa shape index (κ2) is 11.6. The molecule has 176 valence electrons. The van der Waals surface area contributed by atoms with E-state index >= 15 is 0 Å². The van der Waals surface area contributed by atoms with Gasteiger partial charge in [-0.1, -0.05) is 41.9 Å². The van der Waals surface area contributed by atoms with Gasteiger partial charge in [-0.05, 0) is 30.7 Å². The van der Waals surface area contributed by atoms with E-state index in [9.17, 15) is 19.7 Å². The highest BCUT2D eigenvalue weighted by Gasteiger charge is 2.19. The summed E-state index contributed by atoms with van der Waals surface area (Å²) >= 11 is 6.13. The lowest BCUT2D eigenvalue weighted by molar-refractivity contribution is -0.384. The first-order chi connectivity index (χ1) is 16.4. The van der Waals surface area contributed by atoms with Crippen LogP contribution in [0.4, 0.5) is 10.5 Å². The number of carbonyl (C=O) groups is 2. The number of nitrogens with one attached hydrogen (secondary N) is 2. The van der Waals surface area contributed by atoms with Crippen LogP contribution in [0.2, 0.25) is 5.02 Å². The van der Waals surface area contributed by atoms with Crippen LogP contribution in [0, 0.1) is 10.1 Å². The van der Waals surface area contributed by atoms with Gasteiger partial charge in [0, 0.05) is 17.7 Å². The second-order valence-electron chi connectivity index (χ2n) is 6.95. The molecule has 0 spiro atoms. The monoisotopic (exact) mass is 484 g/mol. The molecule has 11 heteroatoms. The van der Waals surface area contributed by atoms with Gasteiger partial charge in [0.15, 0.2) is 0 Å². The van der Waals surface area contributed by atoms with Gasteiger partial charge in [-0.15, -0.1) is 0 Å². The lowest BCUT2D eigenvalue weighted by atomic mass is 10.0. The van der Waals surface area contributed by atoms with Gasteiger partial charge in [0.2, 0.25) is 5.91 Å². The highest BCUT2D eigenvalue weighted by molar-refractivity contribution is 6.33. The normalized spacial score (nSPS) is 11.7. The average molecular weight is 485 g/mol. The summed E-state index contributed by atoms with van der Waals surface area (Å²) in [5.41, 5.74) is 3.35. The molecule has 34 heavy (non-hydrogen) atoms. The number of hydrogen-bond donors (Lipinski definition) is 2. The SMILES string of the molecule is CCOC(=O)N[C@@H](CC(=O)N/N=C\c1ccc(-c2cc([N+](=O)[O-])ccc2Cl)o1)c1ccccc1. The highest BCUT2D eigenvalue weighted by Crippen LogP contribution is 2.32. The molecule has 0 radical (unpaired) electrons. The molecule has 2 aromatic carbocycles. The van der Waals surface area contributed by atoms with Gasteiger partial charge in [-0.2, -0.15) is 5.10 Å². The molecule has 0 fully saturated rings. The minimum Gasteiger partial charge on any atom is -0.455 e. The maximum absolute atomic E-state index is 12.4. The van der Waals surface area contributed by atoms with Gasteiger partial charge >= 0.3 is 6.09 Å². The summed E-state index contributed by atoms with van der Waals surface area (Å²) < 4.78 is 10.5. The van der Waals surface area contributed by atoms with E-state index in [2.05, 4.69) is 15.8 Å². The Morgan fingerprint density at radius 1 is 1.21 bits per heavy atom. The van der Waals surface area contributed by atoms with Gasteiger partial charge in [0.05, 0.1) is 35.2 Å². The number of hydrazone groups is 1. The number of ether oxygens (including phenoxy) is 1. The van der Waals surface area contributed by atoms with E-state index in [1.807, 2.05) is 6.07 Å². The molecule has 0 aliphatic rings. The Bertz CT molecular complexity index is 1200. The summed E-state index contributed by atoms with van der Waals surface area (Å²) in [6.07, 6.45) is 0.575. The maximum atomic E-state index is 12.4. The lowest BCUT2D eigenvalue weighted by Gasteiger charge is -2.17. The average Bonchev–Trinajstić information content (AvgIpc) is 3.28. The van der Waals surface area contributed by atoms with E-state index in [-0.39, 0.29) is 23.7 Å². The van der Waals surface area contributed by atoms with Crippen molar-refractivity contribution in [2.24, 2.45) is 5.10 Å². The molecule has 1 heterocycles. The van der Waals surface area contributed by atoms with E-state index in [0.29, 0.717) is 17.1 Å². The molecule has 3 rings (SSSR count). The molecule has 1 atom stereocenters. The third kappa shape index (κ3) is 6.66. The molecule has 2 N–H and O–H groups in total. The summed E-state index contributed by atoms with van der Waals surface area (Å²) in [4.78, 5) is 34.7. The minimum atomic E-state index is -0.629. The Hall–Kier alpha value is -4.18. The van der Waals surface area contributed by atoms with Crippen molar-refractivity contribution in [3.8, 4) is 11.3 Å². The van der Waals surface area contributed by atoms with Crippen LogP contribution in [0.15, 0.2) is 70.2 Å². The zero-order valence-electron chi connectivity index (χ0n) is 18.1. The highest BCUT2D eigenvalue weighted by atomic mass is 35.5. The number of hydrogen-bond acceptors (Lipinski definition) is 7. The van der Waals surface area contributed by atoms with Crippen molar-refractivity contribution in [2.45, 2.75) is 19.4 Å². The van der Waals surface area contributed by atoms with Crippen LogP contribution < -0.4 is 10.7 Å². The van der Waals surface area contributed by atoms with Crippen molar-refractivity contribution < 1.29 is 23.7 Å². The van der Waals surface area contributed by atoms with Crippen molar-refractivity contribution in [2.75, 3.05) is 6.61 Å². The van der Waals surface area contributed by atoms with Crippen LogP contribution in [0.1, 0.15) is 30.7 Å². The molecule has 0 saturated heterocycles. The predicted octanol–water partition coefficient (Wildman–Crippen LogP) is 4.84. The van der Waals surface area contributed by atoms with E-state index in [0.717, 1.165) is 5.56 Å². The fourth-order valence-electron chi connectivity index (χ4n) is 3.03. The molecule has 0 aliphatic heterocycles. The number of nitro groups is 1. The molecular weight excluding hydrogens is 464 g/mol. The Morgan fingerprint density at radius 2 is 1.97 bits per heavy atom. The lowest BCUT2D eigenvalue weighted by Crippen LogP contribution is -2.33. The first kappa shape index (κ1) is 24.5. The van der Waals surface area contributed by atoms with Gasteiger partial charge in [-0.25, -0.2) is 10.2 Å². The second-order valence-corrected chi connectivity index (χ2v) is 7.36. The molecule has 0 saturated carbocycles. The number of nitrogens with zero attached hydrogens (tertiary/aromatic N) is 2. The zero-order valence-corrected chi connectivity index (χ0v) is 18.8. The number of nitro benzene ring substituents is 1. The Labute approximate surface area is 199 Å². The van der Waals surface area contributed by atoms with Crippen molar-refractivity contribution >= 4 is 35.5 Å². The van der Waals surface area contributed by atoms with Crippen molar-refractivity contribution in [1.29, 1.82) is 0 Å². The Morgan fingerprint density at radius 3 is 2.68 bits per heavy atom. The minimum absolute atomic E-state index is 0.0765. The van der Waals surface area contributed by atoms with E-state index in [1.54, 1.807) is 43.3 Å². The molecule has 10 nitrogen and oxygen atoms in total. The van der Waals surface area contributed by atoms with Gasteiger partial charge in [0.1, 0.15) is 11.5 Å². The summed E-state index contributed by atoms with van der Waals surface area (Å²) in [5.74, 6) is 0.154. The molecular formula is C23H21ClN4O6. The van der Waals surface area contributed by atoms with E-state index in [4.69, 9.17) is 20.8 Å². The fourth-order valence-corrected chi connectivity index (χ4v) is 3.24. The molecule has 1 aromatic heterocycles. The number of amides is 2. The third-order valence-corrected chi connectivity index (χ3v) is 4.92. The molecule has 0 aliphatic carbocycles. The van der Waals surface area contributed by atoms with Crippen LogP contribution in [-0.2, 0) is 9.53 Å². The van der Waals surface area contributed by atoms with E-state index < -0.39 is 23.0 Å². The third-order valence-electron chi connectivity index (χ3n) is 4.59. The summed E-state index contributed by atoms with van der Waals surface area (Å²) in [7, 11) is 0. The number of carbonyl (C=O) groups excluding carboxylic acids is 2. The van der Waals surface area contributed by atoms with Crippen LogP contribution in [0.5, 0.6) is 0 Å². The summed E-state index contributed by atoms with van der Waals surface area (Å²) in [6.45, 7) is 1.89.